The summed E-state index contributed by atoms with van der Waals surface area (Å²) in [6.07, 6.45) is -0.00885. The second-order valence-electron chi connectivity index (χ2n) is 6.73. The summed E-state index contributed by atoms with van der Waals surface area (Å²) in [4.78, 5) is 28.6. The summed E-state index contributed by atoms with van der Waals surface area (Å²) >= 11 is 1.40. The third-order valence-corrected chi connectivity index (χ3v) is 5.84. The number of anilines is 2. The molecule has 3 rings (SSSR count). The van der Waals surface area contributed by atoms with Crippen molar-refractivity contribution in [1.82, 2.24) is 0 Å². The van der Waals surface area contributed by atoms with Crippen molar-refractivity contribution in [2.24, 2.45) is 0 Å². The Morgan fingerprint density at radius 2 is 1.93 bits per heavy atom. The van der Waals surface area contributed by atoms with Crippen LogP contribution in [0.3, 0.4) is 0 Å². The van der Waals surface area contributed by atoms with Gasteiger partial charge in [0.1, 0.15) is 4.88 Å². The zero-order valence-corrected chi connectivity index (χ0v) is 17.3. The van der Waals surface area contributed by atoms with Gasteiger partial charge in [0.2, 0.25) is 0 Å². The van der Waals surface area contributed by atoms with Crippen molar-refractivity contribution in [2.45, 2.75) is 33.3 Å². The molecule has 7 heteroatoms. The SMILES string of the molecule is CCc1cc(C(=O)O[C@H](C)C(=O)Nc2ccc(N3CCOCC3)cc2)sc1C. The summed E-state index contributed by atoms with van der Waals surface area (Å²) in [5.41, 5.74) is 2.90. The van der Waals surface area contributed by atoms with Crippen molar-refractivity contribution in [1.29, 1.82) is 0 Å². The van der Waals surface area contributed by atoms with Crippen LogP contribution in [0.2, 0.25) is 0 Å². The minimum atomic E-state index is -0.876. The molecule has 1 aliphatic rings. The van der Waals surface area contributed by atoms with Gasteiger partial charge in [-0.05, 0) is 56.2 Å². The van der Waals surface area contributed by atoms with E-state index < -0.39 is 12.1 Å². The van der Waals surface area contributed by atoms with Crippen molar-refractivity contribution >= 4 is 34.6 Å². The Morgan fingerprint density at radius 1 is 1.25 bits per heavy atom. The van der Waals surface area contributed by atoms with Gasteiger partial charge in [-0.25, -0.2) is 4.79 Å². The maximum absolute atomic E-state index is 12.4. The second-order valence-corrected chi connectivity index (χ2v) is 7.99. The van der Waals surface area contributed by atoms with Crippen LogP contribution in [0.1, 0.15) is 34.0 Å². The van der Waals surface area contributed by atoms with E-state index in [1.165, 1.54) is 11.3 Å². The average molecular weight is 403 g/mol. The topological polar surface area (TPSA) is 67.9 Å². The number of morpholine rings is 1. The minimum Gasteiger partial charge on any atom is -0.448 e. The van der Waals surface area contributed by atoms with E-state index in [0.717, 1.165) is 48.9 Å². The molecule has 0 aliphatic carbocycles. The van der Waals surface area contributed by atoms with Crippen molar-refractivity contribution < 1.29 is 19.1 Å². The molecular formula is C21H26N2O4S. The van der Waals surface area contributed by atoms with E-state index >= 15 is 0 Å². The second kappa shape index (κ2) is 9.21. The lowest BCUT2D eigenvalue weighted by Crippen LogP contribution is -2.36. The molecule has 1 N–H and O–H groups in total. The lowest BCUT2D eigenvalue weighted by molar-refractivity contribution is -0.123. The van der Waals surface area contributed by atoms with E-state index in [-0.39, 0.29) is 5.91 Å². The highest BCUT2D eigenvalue weighted by Gasteiger charge is 2.21. The molecule has 1 aromatic heterocycles. The monoisotopic (exact) mass is 402 g/mol. The largest absolute Gasteiger partial charge is 0.448 e. The summed E-state index contributed by atoms with van der Waals surface area (Å²) in [5.74, 6) is -0.811. The van der Waals surface area contributed by atoms with Crippen LogP contribution in [0.5, 0.6) is 0 Å². The molecule has 1 aromatic carbocycles. The highest BCUT2D eigenvalue weighted by Crippen LogP contribution is 2.23. The first kappa shape index (κ1) is 20.4. The molecule has 1 aliphatic heterocycles. The van der Waals surface area contributed by atoms with Crippen molar-refractivity contribution in [3.63, 3.8) is 0 Å². The Morgan fingerprint density at radius 3 is 2.54 bits per heavy atom. The van der Waals surface area contributed by atoms with E-state index in [9.17, 15) is 9.59 Å². The van der Waals surface area contributed by atoms with Gasteiger partial charge in [0, 0.05) is 29.3 Å². The van der Waals surface area contributed by atoms with Crippen molar-refractivity contribution in [2.75, 3.05) is 36.5 Å². The fourth-order valence-corrected chi connectivity index (χ4v) is 4.06. The number of thiophene rings is 1. The number of aryl methyl sites for hydroxylation is 2. The third kappa shape index (κ3) is 4.91. The fourth-order valence-electron chi connectivity index (χ4n) is 3.06. The molecule has 1 fully saturated rings. The zero-order valence-electron chi connectivity index (χ0n) is 16.5. The molecule has 0 bridgehead atoms. The summed E-state index contributed by atoms with van der Waals surface area (Å²) in [6.45, 7) is 8.79. The van der Waals surface area contributed by atoms with Crippen LogP contribution in [0.15, 0.2) is 30.3 Å². The Hall–Kier alpha value is -2.38. The number of nitrogens with one attached hydrogen (secondary N) is 1. The molecular weight excluding hydrogens is 376 g/mol. The maximum atomic E-state index is 12.4. The van der Waals surface area contributed by atoms with E-state index in [1.54, 1.807) is 6.92 Å². The predicted molar refractivity (Wildman–Crippen MR) is 111 cm³/mol. The quantitative estimate of drug-likeness (QED) is 0.747. The van der Waals surface area contributed by atoms with Crippen LogP contribution in [0.4, 0.5) is 11.4 Å². The van der Waals surface area contributed by atoms with Gasteiger partial charge in [-0.3, -0.25) is 4.79 Å². The maximum Gasteiger partial charge on any atom is 0.349 e. The van der Waals surface area contributed by atoms with Gasteiger partial charge in [-0.2, -0.15) is 0 Å². The van der Waals surface area contributed by atoms with Gasteiger partial charge in [0.15, 0.2) is 6.10 Å². The average Bonchev–Trinajstić information content (AvgIpc) is 3.10. The van der Waals surface area contributed by atoms with Crippen molar-refractivity contribution in [3.05, 3.63) is 45.6 Å². The third-order valence-electron chi connectivity index (χ3n) is 4.77. The predicted octanol–water partition coefficient (Wildman–Crippen LogP) is 3.64. The molecule has 1 saturated heterocycles. The van der Waals surface area contributed by atoms with Gasteiger partial charge >= 0.3 is 5.97 Å². The van der Waals surface area contributed by atoms with Crippen LogP contribution >= 0.6 is 11.3 Å². The lowest BCUT2D eigenvalue weighted by atomic mass is 10.2. The van der Waals surface area contributed by atoms with E-state index in [4.69, 9.17) is 9.47 Å². The number of hydrogen-bond donors (Lipinski definition) is 1. The normalized spacial score (nSPS) is 15.2. The highest BCUT2D eigenvalue weighted by atomic mass is 32.1. The number of esters is 1. The fraction of sp³-hybridized carbons (Fsp3) is 0.429. The van der Waals surface area contributed by atoms with E-state index in [1.807, 2.05) is 44.2 Å². The summed E-state index contributed by atoms with van der Waals surface area (Å²) in [5, 5.41) is 2.80. The van der Waals surface area contributed by atoms with Crippen LogP contribution in [-0.2, 0) is 20.7 Å². The Bertz CT molecular complexity index is 825. The summed E-state index contributed by atoms with van der Waals surface area (Å²) < 4.78 is 10.7. The number of amides is 1. The van der Waals surface area contributed by atoms with Crippen LogP contribution in [-0.4, -0.2) is 44.3 Å². The molecule has 0 unspecified atom stereocenters. The Kier molecular flexibility index (Phi) is 6.70. The van der Waals surface area contributed by atoms with Gasteiger partial charge in [-0.1, -0.05) is 6.92 Å². The molecule has 1 amide bonds. The van der Waals surface area contributed by atoms with Crippen molar-refractivity contribution in [3.8, 4) is 0 Å². The standard InChI is InChI=1S/C21H26N2O4S/c1-4-16-13-19(28-15(16)3)21(25)27-14(2)20(24)22-17-5-7-18(8-6-17)23-9-11-26-12-10-23/h5-8,13-14H,4,9-12H2,1-3H3,(H,22,24)/t14-/m1/s1. The van der Waals surface area contributed by atoms with Crippen LogP contribution in [0, 0.1) is 6.92 Å². The first-order valence-corrected chi connectivity index (χ1v) is 10.3. The first-order chi connectivity index (χ1) is 13.5. The molecule has 6 nitrogen and oxygen atoms in total. The smallest absolute Gasteiger partial charge is 0.349 e. The molecule has 0 spiro atoms. The molecule has 0 saturated carbocycles. The first-order valence-electron chi connectivity index (χ1n) is 9.52. The Labute approximate surface area is 169 Å². The number of carbonyl (C=O) groups excluding carboxylic acids is 2. The number of carbonyl (C=O) groups is 2. The van der Waals surface area contributed by atoms with E-state index in [2.05, 4.69) is 10.2 Å². The number of rotatable bonds is 6. The number of benzene rings is 1. The van der Waals surface area contributed by atoms with E-state index in [0.29, 0.717) is 10.6 Å². The van der Waals surface area contributed by atoms with Gasteiger partial charge < -0.3 is 19.7 Å². The molecule has 2 aromatic rings. The Balaban J connectivity index is 1.55. The number of nitrogens with zero attached hydrogens (tertiary/aromatic N) is 1. The minimum absolute atomic E-state index is 0.350. The molecule has 2 heterocycles. The zero-order chi connectivity index (χ0) is 20.1. The van der Waals surface area contributed by atoms with Gasteiger partial charge in [0.25, 0.3) is 5.91 Å². The molecule has 150 valence electrons. The van der Waals surface area contributed by atoms with Gasteiger partial charge in [0.05, 0.1) is 13.2 Å². The number of ether oxygens (including phenoxy) is 2. The lowest BCUT2D eigenvalue weighted by Gasteiger charge is -2.28. The molecule has 28 heavy (non-hydrogen) atoms. The van der Waals surface area contributed by atoms with Crippen LogP contribution < -0.4 is 10.2 Å². The van der Waals surface area contributed by atoms with Crippen LogP contribution in [0.25, 0.3) is 0 Å². The van der Waals surface area contributed by atoms with Gasteiger partial charge in [-0.15, -0.1) is 11.3 Å². The summed E-state index contributed by atoms with van der Waals surface area (Å²) in [7, 11) is 0. The highest BCUT2D eigenvalue weighted by molar-refractivity contribution is 7.14. The molecule has 0 radical (unpaired) electrons. The summed E-state index contributed by atoms with van der Waals surface area (Å²) in [6, 6.07) is 9.49. The number of hydrogen-bond acceptors (Lipinski definition) is 6. The molecule has 1 atom stereocenters.